The third kappa shape index (κ3) is 12.6. The van der Waals surface area contributed by atoms with Gasteiger partial charge in [-0.15, -0.1) is 21.5 Å². The lowest BCUT2D eigenvalue weighted by molar-refractivity contribution is -0.144. The average molecular weight is 992 g/mol. The number of pyridine rings is 2. The minimum atomic E-state index is -0.978. The summed E-state index contributed by atoms with van der Waals surface area (Å²) in [6.45, 7) is 15.2. The summed E-state index contributed by atoms with van der Waals surface area (Å²) < 4.78 is 7.55. The van der Waals surface area contributed by atoms with Crippen molar-refractivity contribution in [2.45, 2.75) is 112 Å². The number of aliphatic hydroxyl groups is 1. The van der Waals surface area contributed by atoms with Crippen LogP contribution in [0, 0.1) is 12.3 Å². The average Bonchev–Trinajstić information content (AvgIpc) is 4.17. The van der Waals surface area contributed by atoms with Gasteiger partial charge in [-0.05, 0) is 62.4 Å². The van der Waals surface area contributed by atoms with Gasteiger partial charge in [0.05, 0.1) is 59.7 Å². The van der Waals surface area contributed by atoms with Crippen LogP contribution in [0.15, 0.2) is 60.4 Å². The third-order valence-corrected chi connectivity index (χ3v) is 13.6. The van der Waals surface area contributed by atoms with Gasteiger partial charge in [-0.25, -0.2) is 15.0 Å². The van der Waals surface area contributed by atoms with Crippen LogP contribution in [0.25, 0.3) is 22.0 Å². The van der Waals surface area contributed by atoms with E-state index in [2.05, 4.69) is 36.4 Å². The summed E-state index contributed by atoms with van der Waals surface area (Å²) in [6.07, 6.45) is 0.786. The Balaban J connectivity index is 0.854. The molecule has 0 saturated carbocycles. The van der Waals surface area contributed by atoms with Gasteiger partial charge in [0.25, 0.3) is 5.91 Å². The van der Waals surface area contributed by atoms with Crippen molar-refractivity contribution in [2.24, 2.45) is 5.41 Å². The second kappa shape index (κ2) is 23.0. The largest absolute Gasteiger partial charge is 0.391 e. The van der Waals surface area contributed by atoms with Gasteiger partial charge in [-0.2, -0.15) is 0 Å². The number of nitrogens with one attached hydrogen (secondary N) is 4. The second-order valence-electron chi connectivity index (χ2n) is 19.1. The molecule has 0 bridgehead atoms. The van der Waals surface area contributed by atoms with Gasteiger partial charge < -0.3 is 45.5 Å². The van der Waals surface area contributed by atoms with E-state index < -0.39 is 35.4 Å². The van der Waals surface area contributed by atoms with E-state index in [0.717, 1.165) is 27.3 Å². The predicted octanol–water partition coefficient (Wildman–Crippen LogP) is 3.61. The van der Waals surface area contributed by atoms with E-state index in [4.69, 9.17) is 14.7 Å². The molecule has 5 amide bonds. The number of aromatic nitrogens is 6. The fourth-order valence-corrected chi connectivity index (χ4v) is 9.22. The molecule has 5 aromatic rings. The first kappa shape index (κ1) is 52.2. The molecule has 2 aliphatic rings. The van der Waals surface area contributed by atoms with Crippen molar-refractivity contribution in [3.8, 4) is 22.0 Å². The Labute approximate surface area is 418 Å². The predicted molar refractivity (Wildman–Crippen MR) is 269 cm³/mol. The summed E-state index contributed by atoms with van der Waals surface area (Å²) in [7, 11) is 1.92. The van der Waals surface area contributed by atoms with Crippen LogP contribution in [-0.2, 0) is 50.1 Å². The Kier molecular flexibility index (Phi) is 16.9. The first-order valence-electron chi connectivity index (χ1n) is 24.0. The molecule has 1 fully saturated rings. The minimum absolute atomic E-state index is 0.0244. The van der Waals surface area contributed by atoms with Crippen LogP contribution in [0.4, 0.5) is 11.6 Å². The molecule has 20 nitrogen and oxygen atoms in total. The number of aryl methyl sites for hydroxylation is 2. The highest BCUT2D eigenvalue weighted by Gasteiger charge is 2.44. The van der Waals surface area contributed by atoms with Crippen molar-refractivity contribution in [2.75, 3.05) is 49.7 Å². The fraction of sp³-hybridized carbons (Fsp3) is 0.480. The Morgan fingerprint density at radius 1 is 1.01 bits per heavy atom. The monoisotopic (exact) mass is 991 g/mol. The Morgan fingerprint density at radius 2 is 1.79 bits per heavy atom. The molecule has 378 valence electrons. The quantitative estimate of drug-likeness (QED) is 0.0661. The number of carbonyl (C=O) groups excluding carboxylic acids is 5. The fourth-order valence-electron chi connectivity index (χ4n) is 8.41. The smallest absolute Gasteiger partial charge is 0.260 e. The number of aliphatic hydroxyl groups excluding tert-OH is 1. The molecule has 1 saturated heterocycles. The van der Waals surface area contributed by atoms with Crippen LogP contribution >= 0.6 is 11.3 Å². The number of likely N-dealkylation sites (tertiary alicyclic amines) is 1. The van der Waals surface area contributed by atoms with Crippen LogP contribution in [0.1, 0.15) is 87.3 Å². The lowest BCUT2D eigenvalue weighted by atomic mass is 9.85. The summed E-state index contributed by atoms with van der Waals surface area (Å²) in [4.78, 5) is 87.6. The molecular formula is C50H65N13O7S. The molecular weight excluding hydrogens is 927 g/mol. The van der Waals surface area contributed by atoms with E-state index in [-0.39, 0.29) is 89.1 Å². The zero-order valence-electron chi connectivity index (χ0n) is 41.7. The van der Waals surface area contributed by atoms with Gasteiger partial charge in [-0.3, -0.25) is 28.9 Å². The molecule has 6 heterocycles. The number of ether oxygens (including phenoxy) is 1. The summed E-state index contributed by atoms with van der Waals surface area (Å²) in [5.74, 6) is -0.0128. The Bertz CT molecular complexity index is 2700. The molecule has 5 N–H and O–H groups in total. The van der Waals surface area contributed by atoms with E-state index in [0.29, 0.717) is 41.0 Å². The molecule has 0 aliphatic carbocycles. The number of nitrogens with zero attached hydrogens (tertiary/aromatic N) is 9. The number of rotatable bonds is 21. The number of thiazole rings is 1. The first-order chi connectivity index (χ1) is 33.9. The first-order valence-corrected chi connectivity index (χ1v) is 24.8. The van der Waals surface area contributed by atoms with E-state index >= 15 is 0 Å². The molecule has 0 radical (unpaired) electrons. The highest BCUT2D eigenvalue weighted by molar-refractivity contribution is 7.13. The maximum Gasteiger partial charge on any atom is 0.260 e. The third-order valence-electron chi connectivity index (χ3n) is 12.7. The molecule has 21 heteroatoms. The van der Waals surface area contributed by atoms with Crippen molar-refractivity contribution in [3.63, 3.8) is 0 Å². The van der Waals surface area contributed by atoms with E-state index in [1.165, 1.54) is 4.90 Å². The summed E-state index contributed by atoms with van der Waals surface area (Å²) in [5.41, 5.74) is 6.48. The maximum absolute atomic E-state index is 14.0. The number of anilines is 2. The van der Waals surface area contributed by atoms with Gasteiger partial charge in [-0.1, -0.05) is 51.1 Å². The van der Waals surface area contributed by atoms with Crippen LogP contribution in [0.3, 0.4) is 0 Å². The van der Waals surface area contributed by atoms with Gasteiger partial charge in [0, 0.05) is 64.2 Å². The summed E-state index contributed by atoms with van der Waals surface area (Å²) >= 11 is 1.56. The number of fused-ring (bicyclic) bond motifs is 1. The Hall–Kier alpha value is -6.68. The number of carbonyl (C=O) groups is 5. The molecule has 1 aromatic carbocycles. The van der Waals surface area contributed by atoms with Crippen LogP contribution in [0.2, 0.25) is 0 Å². The van der Waals surface area contributed by atoms with Crippen molar-refractivity contribution in [3.05, 3.63) is 88.4 Å². The minimum Gasteiger partial charge on any atom is -0.391 e. The van der Waals surface area contributed by atoms with Crippen LogP contribution in [0.5, 0.6) is 0 Å². The lowest BCUT2D eigenvalue weighted by Crippen LogP contribution is -2.57. The van der Waals surface area contributed by atoms with Gasteiger partial charge in [0.2, 0.25) is 23.6 Å². The number of amides is 5. The molecule has 7 rings (SSSR count). The van der Waals surface area contributed by atoms with Crippen molar-refractivity contribution >= 4 is 52.5 Å². The van der Waals surface area contributed by atoms with Crippen molar-refractivity contribution in [1.82, 2.24) is 55.9 Å². The normalized spacial score (nSPS) is 16.1. The molecule has 2 aliphatic heterocycles. The molecule has 4 aromatic heterocycles. The van der Waals surface area contributed by atoms with Crippen LogP contribution in [-0.4, -0.2) is 133 Å². The van der Waals surface area contributed by atoms with E-state index in [1.807, 2.05) is 107 Å². The number of β-amino-alcohol motifs (C(OH)–C–C–N with tert-alkyl or cyclic N) is 1. The van der Waals surface area contributed by atoms with Gasteiger partial charge in [0.15, 0.2) is 5.82 Å². The van der Waals surface area contributed by atoms with Crippen molar-refractivity contribution < 1.29 is 33.8 Å². The highest BCUT2D eigenvalue weighted by Crippen LogP contribution is 2.33. The van der Waals surface area contributed by atoms with Crippen LogP contribution < -0.4 is 31.1 Å². The topological polar surface area (TPSA) is 242 Å². The standard InChI is InChI=1S/C50H65N13O7S/c1-9-61-28-55-59-46(61)37-11-10-12-40(56-37)63-27-36-35(48(63)68)22-41(60(8)30(2)3)57-38(36)24-51-25-43(66)52-18-20-70-19-17-42(65)58-45(50(5,6)7)49(69)62-26-34(64)21-39(62)47(67)53-23-32-13-15-33(16-14-32)44-31(4)54-29-71-44/h10-16,22,28-30,34,39,45,51,64H,9,17-21,23-27H2,1-8H3,(H,52,66)(H,53,67)(H,58,65)/t34-,39+,45-/m1/s1. The maximum atomic E-state index is 14.0. The lowest BCUT2D eigenvalue weighted by Gasteiger charge is -2.35. The summed E-state index contributed by atoms with van der Waals surface area (Å²) in [5, 5.41) is 30.6. The zero-order chi connectivity index (χ0) is 51.0. The van der Waals surface area contributed by atoms with Gasteiger partial charge in [0.1, 0.15) is 35.7 Å². The van der Waals surface area contributed by atoms with Gasteiger partial charge >= 0.3 is 0 Å². The van der Waals surface area contributed by atoms with E-state index in [1.54, 1.807) is 34.1 Å². The molecule has 3 atom stereocenters. The zero-order valence-corrected chi connectivity index (χ0v) is 42.5. The number of hydrogen-bond donors (Lipinski definition) is 5. The van der Waals surface area contributed by atoms with Crippen molar-refractivity contribution in [1.29, 1.82) is 0 Å². The molecule has 71 heavy (non-hydrogen) atoms. The highest BCUT2D eigenvalue weighted by atomic mass is 32.1. The molecule has 0 unspecified atom stereocenters. The van der Waals surface area contributed by atoms with E-state index in [9.17, 15) is 29.1 Å². The second-order valence-corrected chi connectivity index (χ2v) is 20.0. The summed E-state index contributed by atoms with van der Waals surface area (Å²) in [6, 6.07) is 13.3. The SMILES string of the molecule is CCn1cnnc1-c1cccc(N2Cc3c(cc(N(C)C(C)C)nc3CNCC(=O)NCCOCCC(=O)N[C@H](C(=O)N3C[C@H](O)C[C@H]3C(=O)NCc3ccc(-c4scnc4C)cc3)C(C)(C)C)C2=O)n1. The Morgan fingerprint density at radius 3 is 2.49 bits per heavy atom. The number of hydrogen-bond acceptors (Lipinski definition) is 15. The number of benzene rings is 1. The molecule has 0 spiro atoms.